The maximum absolute atomic E-state index is 11.7. The molecule has 0 bridgehead atoms. The first-order chi connectivity index (χ1) is 8.41. The molecule has 0 radical (unpaired) electrons. The van der Waals surface area contributed by atoms with Crippen molar-refractivity contribution in [2.24, 2.45) is 5.92 Å². The van der Waals surface area contributed by atoms with Crippen LogP contribution in [0, 0.1) is 12.8 Å². The van der Waals surface area contributed by atoms with E-state index in [9.17, 15) is 9.59 Å². The van der Waals surface area contributed by atoms with Crippen molar-refractivity contribution in [3.63, 3.8) is 0 Å². The molecule has 100 valence electrons. The van der Waals surface area contributed by atoms with E-state index in [0.717, 1.165) is 5.56 Å². The van der Waals surface area contributed by atoms with Gasteiger partial charge in [0.05, 0.1) is 0 Å². The Labute approximate surface area is 111 Å². The number of amides is 1. The molecule has 1 heterocycles. The van der Waals surface area contributed by atoms with E-state index in [-0.39, 0.29) is 18.6 Å². The van der Waals surface area contributed by atoms with Crippen molar-refractivity contribution in [1.29, 1.82) is 0 Å². The van der Waals surface area contributed by atoms with Gasteiger partial charge in [-0.3, -0.25) is 4.79 Å². The second kappa shape index (κ2) is 6.54. The second-order valence-corrected chi connectivity index (χ2v) is 5.53. The van der Waals surface area contributed by atoms with E-state index in [2.05, 4.69) is 5.32 Å². The summed E-state index contributed by atoms with van der Waals surface area (Å²) in [5.41, 5.74) is 0.876. The van der Waals surface area contributed by atoms with Crippen LogP contribution < -0.4 is 5.32 Å². The van der Waals surface area contributed by atoms with Crippen LogP contribution in [0.15, 0.2) is 11.4 Å². The van der Waals surface area contributed by atoms with Crippen LogP contribution in [-0.2, 0) is 9.53 Å². The summed E-state index contributed by atoms with van der Waals surface area (Å²) < 4.78 is 4.97. The molecule has 1 N–H and O–H groups in total. The van der Waals surface area contributed by atoms with Gasteiger partial charge in [-0.1, -0.05) is 13.8 Å². The SMILES string of the molecule is Cc1ccsc1C(=O)OCC(=O)N[C@H](C)C(C)C. The van der Waals surface area contributed by atoms with Crippen molar-refractivity contribution in [1.82, 2.24) is 5.32 Å². The zero-order chi connectivity index (χ0) is 13.7. The summed E-state index contributed by atoms with van der Waals surface area (Å²) in [6.07, 6.45) is 0. The average Bonchev–Trinajstić information content (AvgIpc) is 2.72. The fraction of sp³-hybridized carbons (Fsp3) is 0.538. The first kappa shape index (κ1) is 14.7. The number of nitrogens with one attached hydrogen (secondary N) is 1. The van der Waals surface area contributed by atoms with Crippen LogP contribution >= 0.6 is 11.3 Å². The number of rotatable bonds is 5. The van der Waals surface area contributed by atoms with Gasteiger partial charge in [0.2, 0.25) is 0 Å². The van der Waals surface area contributed by atoms with Gasteiger partial charge in [0.1, 0.15) is 4.88 Å². The first-order valence-electron chi connectivity index (χ1n) is 5.92. The Morgan fingerprint density at radius 1 is 1.39 bits per heavy atom. The molecule has 0 saturated heterocycles. The highest BCUT2D eigenvalue weighted by Gasteiger charge is 2.15. The molecular formula is C13H19NO3S. The molecule has 1 atom stereocenters. The number of ether oxygens (including phenoxy) is 1. The monoisotopic (exact) mass is 269 g/mol. The lowest BCUT2D eigenvalue weighted by Gasteiger charge is -2.17. The van der Waals surface area contributed by atoms with Gasteiger partial charge in [-0.15, -0.1) is 11.3 Å². The molecular weight excluding hydrogens is 250 g/mol. The molecule has 1 rings (SSSR count). The largest absolute Gasteiger partial charge is 0.451 e. The van der Waals surface area contributed by atoms with Crippen LogP contribution in [0.25, 0.3) is 0 Å². The predicted octanol–water partition coefficient (Wildman–Crippen LogP) is 2.37. The van der Waals surface area contributed by atoms with E-state index in [1.165, 1.54) is 11.3 Å². The lowest BCUT2D eigenvalue weighted by atomic mass is 10.1. The van der Waals surface area contributed by atoms with Gasteiger partial charge in [-0.2, -0.15) is 0 Å². The zero-order valence-corrected chi connectivity index (χ0v) is 12.0. The van der Waals surface area contributed by atoms with Crippen LogP contribution in [0.4, 0.5) is 0 Å². The van der Waals surface area contributed by atoms with Crippen molar-refractivity contribution in [2.75, 3.05) is 6.61 Å². The fourth-order valence-corrected chi connectivity index (χ4v) is 2.06. The van der Waals surface area contributed by atoms with Gasteiger partial charge >= 0.3 is 5.97 Å². The molecule has 0 aliphatic rings. The summed E-state index contributed by atoms with van der Waals surface area (Å²) in [7, 11) is 0. The Morgan fingerprint density at radius 3 is 2.56 bits per heavy atom. The standard InChI is InChI=1S/C13H19NO3S/c1-8(2)10(4)14-11(15)7-17-13(16)12-9(3)5-6-18-12/h5-6,8,10H,7H2,1-4H3,(H,14,15)/t10-/m1/s1. The molecule has 0 unspecified atom stereocenters. The van der Waals surface area contributed by atoms with Gasteiger partial charge in [-0.25, -0.2) is 4.79 Å². The van der Waals surface area contributed by atoms with Gasteiger partial charge in [-0.05, 0) is 36.8 Å². The number of aryl methyl sites for hydroxylation is 1. The van der Waals surface area contributed by atoms with E-state index in [4.69, 9.17) is 4.74 Å². The molecule has 0 aliphatic heterocycles. The van der Waals surface area contributed by atoms with Gasteiger partial charge in [0, 0.05) is 6.04 Å². The lowest BCUT2D eigenvalue weighted by molar-refractivity contribution is -0.125. The zero-order valence-electron chi connectivity index (χ0n) is 11.1. The normalized spacial score (nSPS) is 12.3. The number of hydrogen-bond acceptors (Lipinski definition) is 4. The number of hydrogen-bond donors (Lipinski definition) is 1. The Bertz CT molecular complexity index is 426. The predicted molar refractivity (Wildman–Crippen MR) is 71.8 cm³/mol. The topological polar surface area (TPSA) is 55.4 Å². The summed E-state index contributed by atoms with van der Waals surface area (Å²) >= 11 is 1.32. The van der Waals surface area contributed by atoms with E-state index >= 15 is 0 Å². The number of carbonyl (C=O) groups excluding carboxylic acids is 2. The minimum atomic E-state index is -0.435. The third kappa shape index (κ3) is 4.14. The molecule has 1 aromatic heterocycles. The smallest absolute Gasteiger partial charge is 0.349 e. The summed E-state index contributed by atoms with van der Waals surface area (Å²) in [4.78, 5) is 23.7. The Kier molecular flexibility index (Phi) is 5.34. The quantitative estimate of drug-likeness (QED) is 0.835. The number of thiophene rings is 1. The van der Waals surface area contributed by atoms with E-state index in [1.54, 1.807) is 0 Å². The third-order valence-corrected chi connectivity index (χ3v) is 3.77. The average molecular weight is 269 g/mol. The third-order valence-electron chi connectivity index (χ3n) is 2.77. The number of esters is 1. The van der Waals surface area contributed by atoms with Crippen LogP contribution in [0.3, 0.4) is 0 Å². The lowest BCUT2D eigenvalue weighted by Crippen LogP contribution is -2.38. The Balaban J connectivity index is 2.40. The van der Waals surface area contributed by atoms with Crippen LogP contribution in [0.5, 0.6) is 0 Å². The molecule has 0 aliphatic carbocycles. The van der Waals surface area contributed by atoms with Crippen molar-refractivity contribution in [3.05, 3.63) is 21.9 Å². The van der Waals surface area contributed by atoms with E-state index in [1.807, 2.05) is 39.1 Å². The molecule has 1 amide bonds. The van der Waals surface area contributed by atoms with Gasteiger partial charge in [0.25, 0.3) is 5.91 Å². The molecule has 0 saturated carbocycles. The molecule has 4 nitrogen and oxygen atoms in total. The maximum atomic E-state index is 11.7. The van der Waals surface area contributed by atoms with E-state index < -0.39 is 5.97 Å². The molecule has 1 aromatic rings. The summed E-state index contributed by atoms with van der Waals surface area (Å²) in [6, 6.07) is 1.92. The van der Waals surface area contributed by atoms with Crippen molar-refractivity contribution in [2.45, 2.75) is 33.7 Å². The summed E-state index contributed by atoms with van der Waals surface area (Å²) in [5.74, 6) is -0.349. The molecule has 5 heteroatoms. The Hall–Kier alpha value is -1.36. The van der Waals surface area contributed by atoms with Crippen LogP contribution in [0.1, 0.15) is 36.0 Å². The van der Waals surface area contributed by atoms with Gasteiger partial charge < -0.3 is 10.1 Å². The van der Waals surface area contributed by atoms with Crippen molar-refractivity contribution < 1.29 is 14.3 Å². The minimum Gasteiger partial charge on any atom is -0.451 e. The highest BCUT2D eigenvalue weighted by atomic mass is 32.1. The second-order valence-electron chi connectivity index (χ2n) is 4.61. The summed E-state index contributed by atoms with van der Waals surface area (Å²) in [6.45, 7) is 7.58. The van der Waals surface area contributed by atoms with Crippen molar-refractivity contribution >= 4 is 23.2 Å². The molecule has 0 fully saturated rings. The highest BCUT2D eigenvalue weighted by molar-refractivity contribution is 7.12. The van der Waals surface area contributed by atoms with Crippen molar-refractivity contribution in [3.8, 4) is 0 Å². The van der Waals surface area contributed by atoms with E-state index in [0.29, 0.717) is 10.8 Å². The van der Waals surface area contributed by atoms with Crippen LogP contribution in [-0.4, -0.2) is 24.5 Å². The molecule has 0 spiro atoms. The van der Waals surface area contributed by atoms with Crippen LogP contribution in [0.2, 0.25) is 0 Å². The number of carbonyl (C=O) groups is 2. The van der Waals surface area contributed by atoms with Gasteiger partial charge in [0.15, 0.2) is 6.61 Å². The summed E-state index contributed by atoms with van der Waals surface area (Å²) in [5, 5.41) is 4.61. The highest BCUT2D eigenvalue weighted by Crippen LogP contribution is 2.16. The molecule has 0 aromatic carbocycles. The minimum absolute atomic E-state index is 0.0691. The Morgan fingerprint density at radius 2 is 2.06 bits per heavy atom. The fourth-order valence-electron chi connectivity index (χ4n) is 1.24. The molecule has 18 heavy (non-hydrogen) atoms. The first-order valence-corrected chi connectivity index (χ1v) is 6.80. The maximum Gasteiger partial charge on any atom is 0.349 e.